The molecule has 0 radical (unpaired) electrons. The molecule has 1 atom stereocenters. The van der Waals surface area contributed by atoms with Gasteiger partial charge in [-0.15, -0.1) is 0 Å². The van der Waals surface area contributed by atoms with Crippen molar-refractivity contribution in [3.63, 3.8) is 0 Å². The molecule has 4 nitrogen and oxygen atoms in total. The van der Waals surface area contributed by atoms with E-state index >= 15 is 0 Å². The molecule has 0 aromatic rings. The predicted octanol–water partition coefficient (Wildman–Crippen LogP) is 0.827. The summed E-state index contributed by atoms with van der Waals surface area (Å²) < 4.78 is 0. The zero-order valence-electron chi connectivity index (χ0n) is 7.99. The number of rotatable bonds is 6. The van der Waals surface area contributed by atoms with Crippen molar-refractivity contribution in [2.45, 2.75) is 39.2 Å². The maximum atomic E-state index is 10.7. The van der Waals surface area contributed by atoms with E-state index in [4.69, 9.17) is 5.11 Å². The highest BCUT2D eigenvalue weighted by atomic mass is 16.4. The van der Waals surface area contributed by atoms with Gasteiger partial charge in [-0.25, -0.2) is 4.79 Å². The van der Waals surface area contributed by atoms with Gasteiger partial charge in [0.25, 0.3) is 0 Å². The number of ketones is 1. The van der Waals surface area contributed by atoms with E-state index in [1.54, 1.807) is 0 Å². The van der Waals surface area contributed by atoms with Crippen molar-refractivity contribution in [2.75, 3.05) is 0 Å². The van der Waals surface area contributed by atoms with Gasteiger partial charge in [0.15, 0.2) is 0 Å². The van der Waals surface area contributed by atoms with Gasteiger partial charge in [-0.3, -0.25) is 4.79 Å². The number of carbonyl (C=O) groups excluding carboxylic acids is 1. The first-order valence-electron chi connectivity index (χ1n) is 4.47. The molecule has 0 aliphatic heterocycles. The normalized spacial score (nSPS) is 12.9. The Morgan fingerprint density at radius 3 is 2.00 bits per heavy atom. The molecule has 4 heteroatoms. The number of aliphatic carboxylic acids is 1. The molecule has 0 aromatic carbocycles. The van der Waals surface area contributed by atoms with Crippen LogP contribution in [0.4, 0.5) is 0 Å². The first-order valence-corrected chi connectivity index (χ1v) is 4.47. The quantitative estimate of drug-likeness (QED) is 0.605. The summed E-state index contributed by atoms with van der Waals surface area (Å²) in [6.45, 7) is 3.81. The van der Waals surface area contributed by atoms with E-state index in [0.29, 0.717) is 0 Å². The summed E-state index contributed by atoms with van der Waals surface area (Å²) in [7, 11) is 0. The Kier molecular flexibility index (Phi) is 5.30. The number of carbonyl (C=O) groups is 2. The van der Waals surface area contributed by atoms with Crippen LogP contribution in [-0.4, -0.2) is 28.1 Å². The van der Waals surface area contributed by atoms with Crippen molar-refractivity contribution in [3.8, 4) is 0 Å². The lowest BCUT2D eigenvalue weighted by atomic mass is 9.93. The maximum absolute atomic E-state index is 10.7. The lowest BCUT2D eigenvalue weighted by Crippen LogP contribution is -2.26. The van der Waals surface area contributed by atoms with Gasteiger partial charge in [0.05, 0.1) is 6.10 Å². The van der Waals surface area contributed by atoms with E-state index in [2.05, 4.69) is 0 Å². The van der Waals surface area contributed by atoms with Gasteiger partial charge in [0.1, 0.15) is 0 Å². The molecule has 0 aliphatic carbocycles. The van der Waals surface area contributed by atoms with Gasteiger partial charge in [0, 0.05) is 6.42 Å². The maximum Gasteiger partial charge on any atom is 0.372 e. The van der Waals surface area contributed by atoms with Crippen molar-refractivity contribution in [1.29, 1.82) is 0 Å². The molecular formula is C9H16O4. The van der Waals surface area contributed by atoms with Crippen LogP contribution in [0.15, 0.2) is 0 Å². The molecule has 0 rings (SSSR count). The van der Waals surface area contributed by atoms with Crippen LogP contribution < -0.4 is 0 Å². The largest absolute Gasteiger partial charge is 0.475 e. The smallest absolute Gasteiger partial charge is 0.372 e. The highest BCUT2D eigenvalue weighted by Crippen LogP contribution is 2.15. The van der Waals surface area contributed by atoms with Gasteiger partial charge in [-0.2, -0.15) is 0 Å². The van der Waals surface area contributed by atoms with Crippen LogP contribution in [-0.2, 0) is 9.59 Å². The highest BCUT2D eigenvalue weighted by Gasteiger charge is 2.22. The van der Waals surface area contributed by atoms with E-state index in [9.17, 15) is 14.7 Å². The number of aliphatic hydroxyl groups is 1. The molecule has 2 N–H and O–H groups in total. The van der Waals surface area contributed by atoms with Gasteiger partial charge in [-0.05, 0) is 5.92 Å². The zero-order chi connectivity index (χ0) is 10.4. The van der Waals surface area contributed by atoms with Gasteiger partial charge in [0.2, 0.25) is 5.78 Å². The minimum Gasteiger partial charge on any atom is -0.475 e. The first-order chi connectivity index (χ1) is 6.02. The number of carboxylic acids is 1. The van der Waals surface area contributed by atoms with E-state index in [0.717, 1.165) is 12.8 Å². The van der Waals surface area contributed by atoms with Crippen molar-refractivity contribution < 1.29 is 19.8 Å². The van der Waals surface area contributed by atoms with Crippen molar-refractivity contribution in [1.82, 2.24) is 0 Å². The van der Waals surface area contributed by atoms with Gasteiger partial charge in [-0.1, -0.05) is 26.7 Å². The summed E-state index contributed by atoms with van der Waals surface area (Å²) in [5, 5.41) is 17.7. The molecule has 13 heavy (non-hydrogen) atoms. The van der Waals surface area contributed by atoms with Crippen LogP contribution in [0.2, 0.25) is 0 Å². The van der Waals surface area contributed by atoms with E-state index in [1.807, 2.05) is 13.8 Å². The predicted molar refractivity (Wildman–Crippen MR) is 47.3 cm³/mol. The Bertz CT molecular complexity index is 184. The molecule has 1 unspecified atom stereocenters. The number of Topliss-reactive ketones (excluding diaryl/α,β-unsaturated/α-hetero) is 1. The lowest BCUT2D eigenvalue weighted by molar-refractivity contribution is -0.150. The lowest BCUT2D eigenvalue weighted by Gasteiger charge is -2.18. The third-order valence-corrected chi connectivity index (χ3v) is 2.23. The highest BCUT2D eigenvalue weighted by molar-refractivity contribution is 6.32. The average molecular weight is 188 g/mol. The molecule has 0 aromatic heterocycles. The van der Waals surface area contributed by atoms with Crippen LogP contribution in [0.5, 0.6) is 0 Å². The second kappa shape index (κ2) is 5.70. The second-order valence-corrected chi connectivity index (χ2v) is 3.08. The Morgan fingerprint density at radius 1 is 1.23 bits per heavy atom. The monoisotopic (exact) mass is 188 g/mol. The van der Waals surface area contributed by atoms with Gasteiger partial charge >= 0.3 is 5.97 Å². The molecule has 0 saturated heterocycles. The number of aliphatic hydroxyl groups excluding tert-OH is 1. The summed E-state index contributed by atoms with van der Waals surface area (Å²) in [5.41, 5.74) is 0. The number of hydrogen-bond donors (Lipinski definition) is 2. The fourth-order valence-electron chi connectivity index (χ4n) is 1.28. The summed E-state index contributed by atoms with van der Waals surface area (Å²) in [6.07, 6.45) is 0.412. The Hall–Kier alpha value is -0.900. The number of hydrogen-bond acceptors (Lipinski definition) is 3. The fourth-order valence-corrected chi connectivity index (χ4v) is 1.28. The number of carboxylic acid groups (broad SMARTS) is 1. The molecule has 76 valence electrons. The van der Waals surface area contributed by atoms with Crippen molar-refractivity contribution in [2.24, 2.45) is 5.92 Å². The second-order valence-electron chi connectivity index (χ2n) is 3.08. The van der Waals surface area contributed by atoms with Gasteiger partial charge < -0.3 is 10.2 Å². The Labute approximate surface area is 77.6 Å². The minimum absolute atomic E-state index is 0.0169. The standard InChI is InChI=1S/C9H16O4/c1-3-6(4-2)7(10)5-8(11)9(12)13/h6-7,10H,3-5H2,1-2H3,(H,12,13). The molecule has 0 bridgehead atoms. The van der Waals surface area contributed by atoms with Crippen LogP contribution in [0, 0.1) is 5.92 Å². The van der Waals surface area contributed by atoms with Crippen LogP contribution >= 0.6 is 0 Å². The Morgan fingerprint density at radius 2 is 1.69 bits per heavy atom. The van der Waals surface area contributed by atoms with Crippen LogP contribution in [0.3, 0.4) is 0 Å². The van der Waals surface area contributed by atoms with E-state index in [1.165, 1.54) is 0 Å². The van der Waals surface area contributed by atoms with Crippen molar-refractivity contribution >= 4 is 11.8 Å². The third-order valence-electron chi connectivity index (χ3n) is 2.23. The zero-order valence-corrected chi connectivity index (χ0v) is 7.99. The fraction of sp³-hybridized carbons (Fsp3) is 0.778. The molecule has 0 spiro atoms. The third kappa shape index (κ3) is 4.03. The van der Waals surface area contributed by atoms with Crippen LogP contribution in [0.25, 0.3) is 0 Å². The van der Waals surface area contributed by atoms with Crippen LogP contribution in [0.1, 0.15) is 33.1 Å². The first kappa shape index (κ1) is 12.1. The summed E-state index contributed by atoms with van der Waals surface area (Å²) in [6, 6.07) is 0. The average Bonchev–Trinajstić information content (AvgIpc) is 2.06. The SMILES string of the molecule is CCC(CC)C(O)CC(=O)C(=O)O. The summed E-state index contributed by atoms with van der Waals surface area (Å²) in [4.78, 5) is 20.9. The molecule has 0 heterocycles. The molecule has 0 saturated carbocycles. The summed E-state index contributed by atoms with van der Waals surface area (Å²) >= 11 is 0. The molecular weight excluding hydrogens is 172 g/mol. The van der Waals surface area contributed by atoms with Crippen molar-refractivity contribution in [3.05, 3.63) is 0 Å². The molecule has 0 aliphatic rings. The van der Waals surface area contributed by atoms with E-state index in [-0.39, 0.29) is 12.3 Å². The van der Waals surface area contributed by atoms with E-state index < -0.39 is 17.9 Å². The molecule has 0 amide bonds. The summed E-state index contributed by atoms with van der Waals surface area (Å²) in [5.74, 6) is -2.37. The Balaban J connectivity index is 4.04. The topological polar surface area (TPSA) is 74.6 Å². The minimum atomic E-state index is -1.47. The molecule has 0 fully saturated rings.